The number of hydrogen-bond acceptors (Lipinski definition) is 4. The zero-order valence-electron chi connectivity index (χ0n) is 13.4. The van der Waals surface area contributed by atoms with Crippen LogP contribution >= 0.6 is 24.2 Å². The molecule has 6 heteroatoms. The van der Waals surface area contributed by atoms with Gasteiger partial charge in [0.2, 0.25) is 5.91 Å². The average molecular weight is 345 g/mol. The Morgan fingerprint density at radius 1 is 1.45 bits per heavy atom. The fourth-order valence-corrected chi connectivity index (χ4v) is 3.43. The van der Waals surface area contributed by atoms with E-state index in [4.69, 9.17) is 10.5 Å². The predicted octanol–water partition coefficient (Wildman–Crippen LogP) is 2.92. The van der Waals surface area contributed by atoms with Gasteiger partial charge in [-0.2, -0.15) is 0 Å². The number of nitrogens with two attached hydrogens (primary N) is 1. The van der Waals surface area contributed by atoms with Gasteiger partial charge in [-0.05, 0) is 43.2 Å². The number of carbonyl (C=O) groups is 1. The van der Waals surface area contributed by atoms with Gasteiger partial charge in [-0.3, -0.25) is 4.79 Å². The van der Waals surface area contributed by atoms with Gasteiger partial charge in [0.1, 0.15) is 5.75 Å². The first kappa shape index (κ1) is 19.1. The lowest BCUT2D eigenvalue weighted by Crippen LogP contribution is -2.32. The van der Waals surface area contributed by atoms with Crippen LogP contribution in [0.15, 0.2) is 23.1 Å². The Morgan fingerprint density at radius 3 is 2.73 bits per heavy atom. The molecule has 1 aliphatic rings. The molecule has 0 saturated heterocycles. The SMILES string of the molecule is COc1cc(CN(C)C(=O)C2CCC(N)C2)ccc1SC.Cl. The van der Waals surface area contributed by atoms with Crippen LogP contribution in [0.3, 0.4) is 0 Å². The molecule has 1 amide bonds. The molecular formula is C16H25ClN2O2S. The van der Waals surface area contributed by atoms with Crippen LogP contribution in [0.1, 0.15) is 24.8 Å². The van der Waals surface area contributed by atoms with Crippen molar-refractivity contribution >= 4 is 30.1 Å². The summed E-state index contributed by atoms with van der Waals surface area (Å²) < 4.78 is 5.39. The topological polar surface area (TPSA) is 55.6 Å². The summed E-state index contributed by atoms with van der Waals surface area (Å²) in [6.45, 7) is 0.607. The summed E-state index contributed by atoms with van der Waals surface area (Å²) in [7, 11) is 3.54. The lowest BCUT2D eigenvalue weighted by atomic mass is 10.1. The molecule has 1 aromatic carbocycles. The minimum absolute atomic E-state index is 0. The van der Waals surface area contributed by atoms with Gasteiger partial charge in [0.15, 0.2) is 0 Å². The van der Waals surface area contributed by atoms with E-state index in [0.29, 0.717) is 6.54 Å². The van der Waals surface area contributed by atoms with Crippen molar-refractivity contribution in [3.63, 3.8) is 0 Å². The quantitative estimate of drug-likeness (QED) is 0.834. The number of carbonyl (C=O) groups excluding carboxylic acids is 1. The number of thioether (sulfide) groups is 1. The van der Waals surface area contributed by atoms with Crippen LogP contribution in [0.25, 0.3) is 0 Å². The van der Waals surface area contributed by atoms with Gasteiger partial charge in [-0.1, -0.05) is 6.07 Å². The number of ether oxygens (including phenoxy) is 1. The summed E-state index contributed by atoms with van der Waals surface area (Å²) in [5.74, 6) is 1.16. The Bertz CT molecular complexity index is 513. The molecule has 0 spiro atoms. The fraction of sp³-hybridized carbons (Fsp3) is 0.562. The molecule has 1 fully saturated rings. The van der Waals surface area contributed by atoms with E-state index in [0.717, 1.165) is 35.5 Å². The third kappa shape index (κ3) is 4.54. The van der Waals surface area contributed by atoms with Crippen molar-refractivity contribution in [2.24, 2.45) is 11.7 Å². The van der Waals surface area contributed by atoms with Gasteiger partial charge in [0.05, 0.1) is 7.11 Å². The maximum Gasteiger partial charge on any atom is 0.225 e. The average Bonchev–Trinajstić information content (AvgIpc) is 2.92. The molecule has 2 rings (SSSR count). The standard InChI is InChI=1S/C16H24N2O2S.ClH/c1-18(16(19)12-5-6-13(17)9-12)10-11-4-7-15(21-3)14(8-11)20-2;/h4,7-8,12-13H,5-6,9-10,17H2,1-3H3;1H. The molecule has 0 aliphatic heterocycles. The highest BCUT2D eigenvalue weighted by Gasteiger charge is 2.29. The molecule has 0 heterocycles. The van der Waals surface area contributed by atoms with E-state index >= 15 is 0 Å². The third-order valence-electron chi connectivity index (χ3n) is 4.07. The van der Waals surface area contributed by atoms with Crippen molar-refractivity contribution in [3.05, 3.63) is 23.8 Å². The van der Waals surface area contributed by atoms with Crippen molar-refractivity contribution in [1.82, 2.24) is 4.90 Å². The van der Waals surface area contributed by atoms with Crippen molar-refractivity contribution < 1.29 is 9.53 Å². The molecule has 22 heavy (non-hydrogen) atoms. The lowest BCUT2D eigenvalue weighted by Gasteiger charge is -2.21. The molecule has 1 aromatic rings. The summed E-state index contributed by atoms with van der Waals surface area (Å²) in [5.41, 5.74) is 6.98. The van der Waals surface area contributed by atoms with Crippen LogP contribution in [0.2, 0.25) is 0 Å². The number of halogens is 1. The van der Waals surface area contributed by atoms with Crippen LogP contribution in [-0.4, -0.2) is 37.3 Å². The van der Waals surface area contributed by atoms with Crippen molar-refractivity contribution in [1.29, 1.82) is 0 Å². The smallest absolute Gasteiger partial charge is 0.225 e. The molecule has 1 aliphatic carbocycles. The van der Waals surface area contributed by atoms with Crippen LogP contribution in [0.4, 0.5) is 0 Å². The molecular weight excluding hydrogens is 320 g/mol. The van der Waals surface area contributed by atoms with Gasteiger partial charge in [-0.15, -0.1) is 24.2 Å². The van der Waals surface area contributed by atoms with E-state index < -0.39 is 0 Å². The van der Waals surface area contributed by atoms with Gasteiger partial charge in [-0.25, -0.2) is 0 Å². The highest BCUT2D eigenvalue weighted by molar-refractivity contribution is 7.98. The van der Waals surface area contributed by atoms with Gasteiger partial charge >= 0.3 is 0 Å². The summed E-state index contributed by atoms with van der Waals surface area (Å²) in [6.07, 6.45) is 4.72. The van der Waals surface area contributed by atoms with E-state index in [1.54, 1.807) is 23.8 Å². The lowest BCUT2D eigenvalue weighted by molar-refractivity contribution is -0.134. The molecule has 2 N–H and O–H groups in total. The molecule has 0 radical (unpaired) electrons. The molecule has 2 atom stereocenters. The van der Waals surface area contributed by atoms with E-state index in [9.17, 15) is 4.79 Å². The largest absolute Gasteiger partial charge is 0.496 e. The Morgan fingerprint density at radius 2 is 2.18 bits per heavy atom. The zero-order chi connectivity index (χ0) is 15.4. The van der Waals surface area contributed by atoms with Crippen molar-refractivity contribution in [2.75, 3.05) is 20.4 Å². The second-order valence-electron chi connectivity index (χ2n) is 5.65. The Balaban J connectivity index is 0.00000242. The second-order valence-corrected chi connectivity index (χ2v) is 6.50. The predicted molar refractivity (Wildman–Crippen MR) is 93.8 cm³/mol. The van der Waals surface area contributed by atoms with Crippen LogP contribution in [-0.2, 0) is 11.3 Å². The number of benzene rings is 1. The Labute approximate surface area is 143 Å². The molecule has 0 aromatic heterocycles. The summed E-state index contributed by atoms with van der Waals surface area (Å²) in [4.78, 5) is 15.3. The van der Waals surface area contributed by atoms with E-state index in [1.807, 2.05) is 25.4 Å². The molecule has 1 saturated carbocycles. The van der Waals surface area contributed by atoms with Crippen LogP contribution in [0, 0.1) is 5.92 Å². The molecule has 2 unspecified atom stereocenters. The van der Waals surface area contributed by atoms with Crippen molar-refractivity contribution in [2.45, 2.75) is 36.7 Å². The normalized spacial score (nSPS) is 20.4. The third-order valence-corrected chi connectivity index (χ3v) is 4.84. The molecule has 4 nitrogen and oxygen atoms in total. The van der Waals surface area contributed by atoms with Gasteiger partial charge < -0.3 is 15.4 Å². The van der Waals surface area contributed by atoms with Crippen molar-refractivity contribution in [3.8, 4) is 5.75 Å². The Hall–Kier alpha value is -0.910. The maximum absolute atomic E-state index is 12.4. The first-order chi connectivity index (χ1) is 10.0. The fourth-order valence-electron chi connectivity index (χ4n) is 2.88. The summed E-state index contributed by atoms with van der Waals surface area (Å²) >= 11 is 1.66. The summed E-state index contributed by atoms with van der Waals surface area (Å²) in [5, 5.41) is 0. The monoisotopic (exact) mass is 344 g/mol. The second kappa shape index (κ2) is 8.65. The number of amides is 1. The number of rotatable bonds is 5. The van der Waals surface area contributed by atoms with E-state index in [1.165, 1.54) is 0 Å². The number of hydrogen-bond donors (Lipinski definition) is 1. The van der Waals surface area contributed by atoms with Crippen LogP contribution in [0.5, 0.6) is 5.75 Å². The Kier molecular flexibility index (Phi) is 7.53. The molecule has 0 bridgehead atoms. The zero-order valence-corrected chi connectivity index (χ0v) is 15.0. The molecule has 124 valence electrons. The maximum atomic E-state index is 12.4. The van der Waals surface area contributed by atoms with Crippen LogP contribution < -0.4 is 10.5 Å². The number of methoxy groups -OCH3 is 1. The first-order valence-electron chi connectivity index (χ1n) is 7.26. The van der Waals surface area contributed by atoms with E-state index in [2.05, 4.69) is 6.07 Å². The minimum atomic E-state index is 0. The van der Waals surface area contributed by atoms with Gasteiger partial charge in [0, 0.05) is 30.4 Å². The first-order valence-corrected chi connectivity index (χ1v) is 8.49. The minimum Gasteiger partial charge on any atom is -0.496 e. The number of nitrogens with zero attached hydrogens (tertiary/aromatic N) is 1. The highest BCUT2D eigenvalue weighted by atomic mass is 35.5. The van der Waals surface area contributed by atoms with E-state index in [-0.39, 0.29) is 30.3 Å². The summed E-state index contributed by atoms with van der Waals surface area (Å²) in [6, 6.07) is 6.30. The van der Waals surface area contributed by atoms with Gasteiger partial charge in [0.25, 0.3) is 0 Å². The highest BCUT2D eigenvalue weighted by Crippen LogP contribution is 2.29.